The third kappa shape index (κ3) is 3.19. The van der Waals surface area contributed by atoms with E-state index in [9.17, 15) is 13.2 Å². The molecule has 9 heteroatoms. The first-order valence-corrected chi connectivity index (χ1v) is 10.8. The van der Waals surface area contributed by atoms with Crippen LogP contribution in [0.5, 0.6) is 0 Å². The maximum absolute atomic E-state index is 12.3. The minimum absolute atomic E-state index is 0.100. The van der Waals surface area contributed by atoms with Crippen LogP contribution in [0, 0.1) is 0 Å². The Kier molecular flexibility index (Phi) is 4.20. The van der Waals surface area contributed by atoms with Crippen LogP contribution < -0.4 is 4.90 Å². The summed E-state index contributed by atoms with van der Waals surface area (Å²) in [4.78, 5) is 21.1. The third-order valence-electron chi connectivity index (χ3n) is 4.35. The van der Waals surface area contributed by atoms with E-state index < -0.39 is 9.84 Å². The first-order valence-electron chi connectivity index (χ1n) is 8.10. The molecule has 1 aliphatic rings. The zero-order valence-electron chi connectivity index (χ0n) is 14.1. The van der Waals surface area contributed by atoms with Gasteiger partial charge in [0.25, 0.3) is 5.91 Å². The van der Waals surface area contributed by atoms with Crippen LogP contribution in [0.15, 0.2) is 45.9 Å². The summed E-state index contributed by atoms with van der Waals surface area (Å²) in [6.07, 6.45) is 2.70. The molecule has 26 heavy (non-hydrogen) atoms. The third-order valence-corrected chi connectivity index (χ3v) is 6.54. The van der Waals surface area contributed by atoms with Gasteiger partial charge in [-0.15, -0.1) is 0 Å². The number of benzene rings is 1. The van der Waals surface area contributed by atoms with Gasteiger partial charge in [-0.1, -0.05) is 11.3 Å². The van der Waals surface area contributed by atoms with Crippen molar-refractivity contribution in [1.29, 1.82) is 0 Å². The van der Waals surface area contributed by atoms with Gasteiger partial charge in [0, 0.05) is 32.4 Å². The van der Waals surface area contributed by atoms with E-state index in [0.29, 0.717) is 36.8 Å². The monoisotopic (exact) mass is 391 g/mol. The average Bonchev–Trinajstić information content (AvgIpc) is 3.29. The predicted octanol–water partition coefficient (Wildman–Crippen LogP) is 2.26. The molecular weight excluding hydrogens is 374 g/mol. The fourth-order valence-electron chi connectivity index (χ4n) is 2.92. The molecule has 0 radical (unpaired) electrons. The van der Waals surface area contributed by atoms with Crippen LogP contribution in [0.3, 0.4) is 0 Å². The summed E-state index contributed by atoms with van der Waals surface area (Å²) in [6.45, 7) is 2.52. The number of carbonyl (C=O) groups excluding carboxylic acids is 1. The van der Waals surface area contributed by atoms with E-state index in [4.69, 9.17) is 4.42 Å². The topological polar surface area (TPSA) is 83.7 Å². The van der Waals surface area contributed by atoms with Crippen LogP contribution >= 0.6 is 11.3 Å². The van der Waals surface area contributed by atoms with Gasteiger partial charge >= 0.3 is 0 Å². The minimum Gasteiger partial charge on any atom is -0.459 e. The summed E-state index contributed by atoms with van der Waals surface area (Å²) in [6, 6.07) is 8.36. The Morgan fingerprint density at radius 3 is 2.62 bits per heavy atom. The van der Waals surface area contributed by atoms with E-state index in [1.165, 1.54) is 23.9 Å². The summed E-state index contributed by atoms with van der Waals surface area (Å²) < 4.78 is 29.4. The fraction of sp³-hybridized carbons (Fsp3) is 0.294. The van der Waals surface area contributed by atoms with Crippen molar-refractivity contribution in [3.63, 3.8) is 0 Å². The summed E-state index contributed by atoms with van der Waals surface area (Å²) in [5.74, 6) is 0.253. The van der Waals surface area contributed by atoms with Crippen LogP contribution in [0.4, 0.5) is 5.13 Å². The van der Waals surface area contributed by atoms with E-state index >= 15 is 0 Å². The highest BCUT2D eigenvalue weighted by Crippen LogP contribution is 2.31. The Bertz CT molecular complexity index is 1050. The lowest BCUT2D eigenvalue weighted by Crippen LogP contribution is -2.48. The van der Waals surface area contributed by atoms with E-state index in [1.54, 1.807) is 35.2 Å². The molecule has 0 N–H and O–H groups in total. The quantitative estimate of drug-likeness (QED) is 0.681. The number of thiazole rings is 1. The van der Waals surface area contributed by atoms with E-state index in [1.807, 2.05) is 0 Å². The molecule has 0 bridgehead atoms. The lowest BCUT2D eigenvalue weighted by Gasteiger charge is -2.34. The number of nitrogens with zero attached hydrogens (tertiary/aromatic N) is 3. The molecule has 3 heterocycles. The summed E-state index contributed by atoms with van der Waals surface area (Å²) in [7, 11) is -3.24. The second-order valence-corrected chi connectivity index (χ2v) is 9.18. The molecular formula is C17H17N3O4S2. The number of hydrogen-bond donors (Lipinski definition) is 0. The number of sulfone groups is 1. The summed E-state index contributed by atoms with van der Waals surface area (Å²) >= 11 is 1.47. The number of anilines is 1. The number of amides is 1. The Labute approximate surface area is 154 Å². The van der Waals surface area contributed by atoms with Crippen molar-refractivity contribution in [3.05, 3.63) is 42.4 Å². The summed E-state index contributed by atoms with van der Waals surface area (Å²) in [5.41, 5.74) is 0.784. The Hall–Kier alpha value is -2.39. The van der Waals surface area contributed by atoms with Crippen LogP contribution in [0.1, 0.15) is 10.6 Å². The highest BCUT2D eigenvalue weighted by molar-refractivity contribution is 7.90. The van der Waals surface area contributed by atoms with E-state index in [2.05, 4.69) is 9.88 Å². The molecule has 0 saturated carbocycles. The molecule has 0 spiro atoms. The number of piperazine rings is 1. The molecule has 1 aromatic carbocycles. The molecule has 2 aromatic heterocycles. The van der Waals surface area contributed by atoms with E-state index in [-0.39, 0.29) is 5.91 Å². The molecule has 4 rings (SSSR count). The number of furan rings is 1. The normalized spacial score (nSPS) is 15.6. The van der Waals surface area contributed by atoms with Crippen molar-refractivity contribution in [1.82, 2.24) is 9.88 Å². The standard InChI is InChI=1S/C17H17N3O4S2/c1-26(22,23)12-4-5-13-15(11-12)25-17(18-13)20-8-6-19(7-9-20)16(21)14-3-2-10-24-14/h2-5,10-11H,6-9H2,1H3. The zero-order chi connectivity index (χ0) is 18.3. The predicted molar refractivity (Wildman–Crippen MR) is 99.6 cm³/mol. The first-order chi connectivity index (χ1) is 12.4. The number of hydrogen-bond acceptors (Lipinski definition) is 7. The van der Waals surface area contributed by atoms with Gasteiger partial charge in [0.05, 0.1) is 21.4 Å². The van der Waals surface area contributed by atoms with Crippen molar-refractivity contribution in [2.24, 2.45) is 0 Å². The van der Waals surface area contributed by atoms with Crippen molar-refractivity contribution in [2.75, 3.05) is 37.3 Å². The highest BCUT2D eigenvalue weighted by atomic mass is 32.2. The Balaban J connectivity index is 1.50. The van der Waals surface area contributed by atoms with Crippen LogP contribution in [-0.4, -0.2) is 56.6 Å². The van der Waals surface area contributed by atoms with E-state index in [0.717, 1.165) is 15.3 Å². The van der Waals surface area contributed by atoms with Crippen molar-refractivity contribution < 1.29 is 17.6 Å². The van der Waals surface area contributed by atoms with Crippen molar-refractivity contribution in [2.45, 2.75) is 4.90 Å². The molecule has 136 valence electrons. The van der Waals surface area contributed by atoms with Gasteiger partial charge in [-0.25, -0.2) is 13.4 Å². The second-order valence-electron chi connectivity index (χ2n) is 6.15. The van der Waals surface area contributed by atoms with Gasteiger partial charge in [0.1, 0.15) is 0 Å². The molecule has 0 atom stereocenters. The second kappa shape index (κ2) is 6.40. The molecule has 1 amide bonds. The van der Waals surface area contributed by atoms with Crippen molar-refractivity contribution >= 4 is 42.4 Å². The van der Waals surface area contributed by atoms with Gasteiger partial charge in [-0.2, -0.15) is 0 Å². The number of fused-ring (bicyclic) bond motifs is 1. The molecule has 0 aliphatic carbocycles. The van der Waals surface area contributed by atoms with Crippen LogP contribution in [-0.2, 0) is 9.84 Å². The maximum atomic E-state index is 12.3. The molecule has 7 nitrogen and oxygen atoms in total. The first kappa shape index (κ1) is 17.0. The van der Waals surface area contributed by atoms with Gasteiger partial charge in [-0.3, -0.25) is 4.79 Å². The number of carbonyl (C=O) groups is 1. The molecule has 0 unspecified atom stereocenters. The zero-order valence-corrected chi connectivity index (χ0v) is 15.7. The SMILES string of the molecule is CS(=O)(=O)c1ccc2nc(N3CCN(C(=O)c4ccco4)CC3)sc2c1. The Morgan fingerprint density at radius 1 is 1.19 bits per heavy atom. The molecule has 1 saturated heterocycles. The lowest BCUT2D eigenvalue weighted by molar-refractivity contribution is 0.0714. The lowest BCUT2D eigenvalue weighted by atomic mass is 10.3. The van der Waals surface area contributed by atoms with Gasteiger partial charge < -0.3 is 14.2 Å². The molecule has 1 fully saturated rings. The highest BCUT2D eigenvalue weighted by Gasteiger charge is 2.25. The minimum atomic E-state index is -3.24. The van der Waals surface area contributed by atoms with Crippen LogP contribution in [0.25, 0.3) is 10.2 Å². The van der Waals surface area contributed by atoms with Crippen LogP contribution in [0.2, 0.25) is 0 Å². The summed E-state index contributed by atoms with van der Waals surface area (Å²) in [5, 5.41) is 0.843. The van der Waals surface area contributed by atoms with Crippen molar-refractivity contribution in [3.8, 4) is 0 Å². The fourth-order valence-corrected chi connectivity index (χ4v) is 4.69. The average molecular weight is 391 g/mol. The maximum Gasteiger partial charge on any atom is 0.289 e. The number of rotatable bonds is 3. The van der Waals surface area contributed by atoms with Gasteiger partial charge in [0.2, 0.25) is 0 Å². The molecule has 1 aliphatic heterocycles. The molecule has 3 aromatic rings. The Morgan fingerprint density at radius 2 is 1.96 bits per heavy atom. The smallest absolute Gasteiger partial charge is 0.289 e. The number of aromatic nitrogens is 1. The largest absolute Gasteiger partial charge is 0.459 e. The van der Waals surface area contributed by atoms with Gasteiger partial charge in [-0.05, 0) is 30.3 Å². The van der Waals surface area contributed by atoms with Gasteiger partial charge in [0.15, 0.2) is 20.7 Å².